The summed E-state index contributed by atoms with van der Waals surface area (Å²) in [5, 5.41) is 2.26. The molecule has 0 aromatic carbocycles. The number of rotatable bonds is 1. The standard InChI is InChI=1S/C9H8BrNO3/c1-9(4-7(12)11-8(9)13)5-2-3-6(10)14-5/h2-3H,4H2,1H3,(H,11,12,13). The van der Waals surface area contributed by atoms with Gasteiger partial charge in [0.25, 0.3) is 0 Å². The van der Waals surface area contributed by atoms with Crippen LogP contribution < -0.4 is 5.32 Å². The van der Waals surface area contributed by atoms with Gasteiger partial charge in [-0.3, -0.25) is 14.9 Å². The van der Waals surface area contributed by atoms with Gasteiger partial charge in [0.15, 0.2) is 4.67 Å². The van der Waals surface area contributed by atoms with E-state index < -0.39 is 5.41 Å². The molecule has 1 saturated heterocycles. The lowest BCUT2D eigenvalue weighted by Crippen LogP contribution is -2.32. The predicted molar refractivity (Wildman–Crippen MR) is 51.5 cm³/mol. The van der Waals surface area contributed by atoms with Crippen LogP contribution in [0.5, 0.6) is 0 Å². The minimum absolute atomic E-state index is 0.145. The Bertz CT molecular complexity index is 412. The largest absolute Gasteiger partial charge is 0.453 e. The van der Waals surface area contributed by atoms with Gasteiger partial charge < -0.3 is 4.42 Å². The van der Waals surface area contributed by atoms with Gasteiger partial charge in [-0.25, -0.2) is 0 Å². The van der Waals surface area contributed by atoms with E-state index in [9.17, 15) is 9.59 Å². The molecule has 14 heavy (non-hydrogen) atoms. The molecule has 0 aliphatic carbocycles. The van der Waals surface area contributed by atoms with Gasteiger partial charge in [-0.05, 0) is 35.0 Å². The van der Waals surface area contributed by atoms with Gasteiger partial charge in [0.1, 0.15) is 11.2 Å². The molecule has 1 unspecified atom stereocenters. The van der Waals surface area contributed by atoms with E-state index in [1.165, 1.54) is 0 Å². The fourth-order valence-electron chi connectivity index (χ4n) is 1.52. The molecule has 0 radical (unpaired) electrons. The summed E-state index contributed by atoms with van der Waals surface area (Å²) in [7, 11) is 0. The average Bonchev–Trinajstić information content (AvgIpc) is 2.59. The van der Waals surface area contributed by atoms with Crippen LogP contribution in [0, 0.1) is 0 Å². The van der Waals surface area contributed by atoms with Crippen molar-refractivity contribution in [2.45, 2.75) is 18.8 Å². The molecule has 2 rings (SSSR count). The van der Waals surface area contributed by atoms with Crippen LogP contribution >= 0.6 is 15.9 Å². The summed E-state index contributed by atoms with van der Waals surface area (Å²) in [6.45, 7) is 1.69. The smallest absolute Gasteiger partial charge is 0.240 e. The Morgan fingerprint density at radius 1 is 1.50 bits per heavy atom. The van der Waals surface area contributed by atoms with Gasteiger partial charge in [-0.15, -0.1) is 0 Å². The SMILES string of the molecule is CC1(c2ccc(Br)o2)CC(=O)NC1=O. The number of halogens is 1. The van der Waals surface area contributed by atoms with E-state index in [-0.39, 0.29) is 18.2 Å². The highest BCUT2D eigenvalue weighted by atomic mass is 79.9. The fraction of sp³-hybridized carbons (Fsp3) is 0.333. The summed E-state index contributed by atoms with van der Waals surface area (Å²) < 4.78 is 5.85. The maximum absolute atomic E-state index is 11.5. The van der Waals surface area contributed by atoms with Crippen molar-refractivity contribution in [2.24, 2.45) is 0 Å². The molecule has 1 N–H and O–H groups in total. The molecule has 1 aromatic heterocycles. The Morgan fingerprint density at radius 3 is 2.64 bits per heavy atom. The molecular formula is C9H8BrNO3. The number of imide groups is 1. The molecule has 1 aromatic rings. The molecule has 0 spiro atoms. The van der Waals surface area contributed by atoms with E-state index >= 15 is 0 Å². The first-order valence-corrected chi connectivity index (χ1v) is 4.92. The third-order valence-corrected chi connectivity index (χ3v) is 2.81. The van der Waals surface area contributed by atoms with Crippen LogP contribution in [0.15, 0.2) is 21.2 Å². The zero-order valence-corrected chi connectivity index (χ0v) is 9.05. The first kappa shape index (κ1) is 9.45. The highest BCUT2D eigenvalue weighted by Crippen LogP contribution is 2.33. The maximum Gasteiger partial charge on any atom is 0.240 e. The minimum atomic E-state index is -0.858. The van der Waals surface area contributed by atoms with Crippen molar-refractivity contribution in [2.75, 3.05) is 0 Å². The van der Waals surface area contributed by atoms with E-state index in [2.05, 4.69) is 21.2 Å². The van der Waals surface area contributed by atoms with Gasteiger partial charge in [0.2, 0.25) is 11.8 Å². The fourth-order valence-corrected chi connectivity index (χ4v) is 1.83. The molecule has 5 heteroatoms. The molecular weight excluding hydrogens is 250 g/mol. The Morgan fingerprint density at radius 2 is 2.21 bits per heavy atom. The Hall–Kier alpha value is -1.10. The van der Waals surface area contributed by atoms with Crippen LogP contribution in [-0.2, 0) is 15.0 Å². The van der Waals surface area contributed by atoms with Crippen LogP contribution in [0.3, 0.4) is 0 Å². The second-order valence-corrected chi connectivity index (χ2v) is 4.27. The van der Waals surface area contributed by atoms with Gasteiger partial charge in [0, 0.05) is 6.42 Å². The Balaban J connectivity index is 2.42. The number of nitrogens with one attached hydrogen (secondary N) is 1. The van der Waals surface area contributed by atoms with Crippen molar-refractivity contribution in [3.8, 4) is 0 Å². The lowest BCUT2D eigenvalue weighted by atomic mass is 9.86. The van der Waals surface area contributed by atoms with Crippen molar-refractivity contribution in [3.63, 3.8) is 0 Å². The normalized spacial score (nSPS) is 26.7. The molecule has 1 aliphatic heterocycles. The molecule has 0 bridgehead atoms. The minimum Gasteiger partial charge on any atom is -0.453 e. The Kier molecular flexibility index (Phi) is 1.99. The van der Waals surface area contributed by atoms with E-state index in [0.29, 0.717) is 10.4 Å². The number of carbonyl (C=O) groups is 2. The van der Waals surface area contributed by atoms with E-state index in [4.69, 9.17) is 4.42 Å². The zero-order chi connectivity index (χ0) is 10.3. The molecule has 1 aliphatic rings. The number of amides is 2. The third-order valence-electron chi connectivity index (χ3n) is 2.39. The monoisotopic (exact) mass is 257 g/mol. The quantitative estimate of drug-likeness (QED) is 0.773. The van der Waals surface area contributed by atoms with E-state index in [1.54, 1.807) is 19.1 Å². The molecule has 2 amide bonds. The first-order chi connectivity index (χ1) is 6.52. The van der Waals surface area contributed by atoms with Crippen molar-refractivity contribution in [1.29, 1.82) is 0 Å². The molecule has 74 valence electrons. The topological polar surface area (TPSA) is 59.3 Å². The predicted octanol–water partition coefficient (Wildman–Crippen LogP) is 1.35. The molecule has 0 saturated carbocycles. The zero-order valence-electron chi connectivity index (χ0n) is 7.46. The average molecular weight is 258 g/mol. The third kappa shape index (κ3) is 1.28. The van der Waals surface area contributed by atoms with Gasteiger partial charge >= 0.3 is 0 Å². The van der Waals surface area contributed by atoms with Crippen LogP contribution in [-0.4, -0.2) is 11.8 Å². The van der Waals surface area contributed by atoms with Crippen LogP contribution in [0.1, 0.15) is 19.1 Å². The van der Waals surface area contributed by atoms with Crippen molar-refractivity contribution in [1.82, 2.24) is 5.32 Å². The Labute approximate surface area is 88.8 Å². The maximum atomic E-state index is 11.5. The molecule has 1 fully saturated rings. The van der Waals surface area contributed by atoms with Crippen molar-refractivity contribution < 1.29 is 14.0 Å². The number of carbonyl (C=O) groups excluding carboxylic acids is 2. The highest BCUT2D eigenvalue weighted by Gasteiger charge is 2.46. The van der Waals surface area contributed by atoms with Crippen LogP contribution in [0.4, 0.5) is 0 Å². The van der Waals surface area contributed by atoms with Gasteiger partial charge in [-0.2, -0.15) is 0 Å². The van der Waals surface area contributed by atoms with Gasteiger partial charge in [0.05, 0.1) is 0 Å². The lowest BCUT2D eigenvalue weighted by molar-refractivity contribution is -0.126. The van der Waals surface area contributed by atoms with Crippen molar-refractivity contribution >= 4 is 27.7 Å². The summed E-state index contributed by atoms with van der Waals surface area (Å²) >= 11 is 3.16. The number of furan rings is 1. The summed E-state index contributed by atoms with van der Waals surface area (Å²) in [6, 6.07) is 3.40. The molecule has 4 nitrogen and oxygen atoms in total. The summed E-state index contributed by atoms with van der Waals surface area (Å²) in [6.07, 6.45) is 0.145. The van der Waals surface area contributed by atoms with E-state index in [1.807, 2.05) is 0 Å². The molecule has 1 atom stereocenters. The summed E-state index contributed by atoms with van der Waals surface area (Å²) in [5.74, 6) is -0.0536. The second-order valence-electron chi connectivity index (χ2n) is 3.49. The van der Waals surface area contributed by atoms with Crippen molar-refractivity contribution in [3.05, 3.63) is 22.6 Å². The van der Waals surface area contributed by atoms with Gasteiger partial charge in [-0.1, -0.05) is 0 Å². The van der Waals surface area contributed by atoms with E-state index in [0.717, 1.165) is 0 Å². The van der Waals surface area contributed by atoms with Crippen LogP contribution in [0.2, 0.25) is 0 Å². The number of hydrogen-bond acceptors (Lipinski definition) is 3. The molecule has 2 heterocycles. The first-order valence-electron chi connectivity index (χ1n) is 4.12. The second kappa shape index (κ2) is 2.95. The highest BCUT2D eigenvalue weighted by molar-refractivity contribution is 9.10. The number of hydrogen-bond donors (Lipinski definition) is 1. The van der Waals surface area contributed by atoms with Crippen LogP contribution in [0.25, 0.3) is 0 Å². The lowest BCUT2D eigenvalue weighted by Gasteiger charge is -2.15. The summed E-state index contributed by atoms with van der Waals surface area (Å²) in [4.78, 5) is 22.6. The summed E-state index contributed by atoms with van der Waals surface area (Å²) in [5.41, 5.74) is -0.858.